The summed E-state index contributed by atoms with van der Waals surface area (Å²) in [5, 5.41) is 10.9. The van der Waals surface area contributed by atoms with E-state index in [0.29, 0.717) is 6.04 Å². The van der Waals surface area contributed by atoms with E-state index in [2.05, 4.69) is 36.3 Å². The number of piperidine rings is 1. The van der Waals surface area contributed by atoms with Crippen LogP contribution in [0.25, 0.3) is 0 Å². The Balaban J connectivity index is 1.80. The van der Waals surface area contributed by atoms with Crippen molar-refractivity contribution in [1.82, 2.24) is 20.4 Å². The van der Waals surface area contributed by atoms with Crippen LogP contribution in [0.2, 0.25) is 0 Å². The quantitative estimate of drug-likeness (QED) is 0.889. The molecular weight excluding hydrogens is 304 g/mol. The third-order valence-electron chi connectivity index (χ3n) is 4.20. The average Bonchev–Trinajstić information content (AvgIpc) is 2.92. The highest BCUT2D eigenvalue weighted by Crippen LogP contribution is 2.23. The second-order valence-electron chi connectivity index (χ2n) is 8.64. The molecule has 1 aliphatic heterocycles. The molecule has 24 heavy (non-hydrogen) atoms. The van der Waals surface area contributed by atoms with Crippen LogP contribution < -0.4 is 5.32 Å². The lowest BCUT2D eigenvalue weighted by molar-refractivity contribution is 0.0198. The zero-order chi connectivity index (χ0) is 18.0. The first kappa shape index (κ1) is 18.8. The molecule has 1 aliphatic rings. The molecule has 2 rings (SSSR count). The number of likely N-dealkylation sites (tertiary alicyclic amines) is 1. The number of nitrogens with one attached hydrogen (secondary N) is 2. The Labute approximate surface area is 145 Å². The lowest BCUT2D eigenvalue weighted by Gasteiger charge is -2.34. The Morgan fingerprint density at radius 1 is 1.29 bits per heavy atom. The molecule has 0 aromatic carbocycles. The van der Waals surface area contributed by atoms with Crippen molar-refractivity contribution in [1.29, 1.82) is 0 Å². The summed E-state index contributed by atoms with van der Waals surface area (Å²) in [4.78, 5) is 13.9. The number of hydrogen-bond acceptors (Lipinski definition) is 4. The van der Waals surface area contributed by atoms with E-state index in [1.165, 1.54) is 11.3 Å². The molecule has 0 bridgehead atoms. The highest BCUT2D eigenvalue weighted by molar-refractivity contribution is 5.68. The topological polar surface area (TPSA) is 70.2 Å². The van der Waals surface area contributed by atoms with Gasteiger partial charge in [-0.3, -0.25) is 5.10 Å². The van der Waals surface area contributed by atoms with Gasteiger partial charge in [-0.25, -0.2) is 4.79 Å². The van der Waals surface area contributed by atoms with E-state index in [4.69, 9.17) is 4.74 Å². The van der Waals surface area contributed by atoms with Crippen molar-refractivity contribution in [2.75, 3.05) is 13.1 Å². The molecule has 0 radical (unpaired) electrons. The number of nitrogens with zero attached hydrogens (tertiary/aromatic N) is 2. The van der Waals surface area contributed by atoms with Crippen LogP contribution in [0.5, 0.6) is 0 Å². The zero-order valence-corrected chi connectivity index (χ0v) is 15.9. The number of carbonyl (C=O) groups excluding carboxylic acids is 1. The SMILES string of the molecule is CC(C)(C)OC(=O)N1CCC(NCc2cn[nH]c2C(C)(C)C)CC1. The third-order valence-corrected chi connectivity index (χ3v) is 4.20. The van der Waals surface area contributed by atoms with Crippen LogP contribution in [0.1, 0.15) is 65.6 Å². The van der Waals surface area contributed by atoms with Crippen molar-refractivity contribution in [3.05, 3.63) is 17.5 Å². The smallest absolute Gasteiger partial charge is 0.410 e. The maximum absolute atomic E-state index is 12.1. The molecule has 2 heterocycles. The number of aromatic amines is 1. The first-order valence-electron chi connectivity index (χ1n) is 8.80. The van der Waals surface area contributed by atoms with Crippen LogP contribution in [0, 0.1) is 0 Å². The minimum atomic E-state index is -0.434. The van der Waals surface area contributed by atoms with Crippen LogP contribution in [0.15, 0.2) is 6.20 Å². The number of hydrogen-bond donors (Lipinski definition) is 2. The lowest BCUT2D eigenvalue weighted by atomic mass is 9.89. The average molecular weight is 336 g/mol. The summed E-state index contributed by atoms with van der Waals surface area (Å²) in [6, 6.07) is 0.423. The second kappa shape index (κ2) is 7.13. The van der Waals surface area contributed by atoms with Crippen LogP contribution in [-0.4, -0.2) is 45.9 Å². The van der Waals surface area contributed by atoms with Gasteiger partial charge < -0.3 is 15.0 Å². The Kier molecular flexibility index (Phi) is 5.58. The van der Waals surface area contributed by atoms with Crippen molar-refractivity contribution in [2.24, 2.45) is 0 Å². The molecule has 2 N–H and O–H groups in total. The normalized spacial score (nSPS) is 17.2. The summed E-state index contributed by atoms with van der Waals surface area (Å²) in [7, 11) is 0. The van der Waals surface area contributed by atoms with Gasteiger partial charge in [-0.05, 0) is 33.6 Å². The first-order chi connectivity index (χ1) is 11.1. The summed E-state index contributed by atoms with van der Waals surface area (Å²) < 4.78 is 5.44. The summed E-state index contributed by atoms with van der Waals surface area (Å²) in [6.45, 7) is 14.5. The Morgan fingerprint density at radius 3 is 2.46 bits per heavy atom. The molecule has 1 saturated heterocycles. The van der Waals surface area contributed by atoms with Crippen molar-refractivity contribution in [3.63, 3.8) is 0 Å². The second-order valence-corrected chi connectivity index (χ2v) is 8.64. The fraction of sp³-hybridized carbons (Fsp3) is 0.778. The monoisotopic (exact) mass is 336 g/mol. The number of amides is 1. The van der Waals surface area contributed by atoms with E-state index in [1.807, 2.05) is 31.9 Å². The number of carbonyl (C=O) groups is 1. The van der Waals surface area contributed by atoms with Gasteiger partial charge in [0.2, 0.25) is 0 Å². The molecule has 0 saturated carbocycles. The van der Waals surface area contributed by atoms with Gasteiger partial charge in [0, 0.05) is 42.3 Å². The number of H-pyrrole nitrogens is 1. The van der Waals surface area contributed by atoms with Gasteiger partial charge in [-0.2, -0.15) is 5.10 Å². The van der Waals surface area contributed by atoms with Gasteiger partial charge in [-0.1, -0.05) is 20.8 Å². The summed E-state index contributed by atoms with van der Waals surface area (Å²) in [5.74, 6) is 0. The highest BCUT2D eigenvalue weighted by Gasteiger charge is 2.27. The first-order valence-corrected chi connectivity index (χ1v) is 8.80. The van der Waals surface area contributed by atoms with Gasteiger partial charge >= 0.3 is 6.09 Å². The molecule has 1 aromatic heterocycles. The Morgan fingerprint density at radius 2 is 1.92 bits per heavy atom. The Bertz CT molecular complexity index is 546. The molecular formula is C18H32N4O2. The van der Waals surface area contributed by atoms with E-state index >= 15 is 0 Å². The molecule has 6 heteroatoms. The van der Waals surface area contributed by atoms with E-state index in [0.717, 1.165) is 32.5 Å². The standard InChI is InChI=1S/C18H32N4O2/c1-17(2,3)15-13(12-20-21-15)11-19-14-7-9-22(10-8-14)16(23)24-18(4,5)6/h12,14,19H,7-11H2,1-6H3,(H,20,21). The lowest BCUT2D eigenvalue weighted by Crippen LogP contribution is -2.46. The number of ether oxygens (including phenoxy) is 1. The van der Waals surface area contributed by atoms with Gasteiger partial charge in [0.1, 0.15) is 5.60 Å². The van der Waals surface area contributed by atoms with Crippen LogP contribution >= 0.6 is 0 Å². The number of rotatable bonds is 3. The van der Waals surface area contributed by atoms with Crippen LogP contribution in [-0.2, 0) is 16.7 Å². The molecule has 0 atom stereocenters. The summed E-state index contributed by atoms with van der Waals surface area (Å²) >= 11 is 0. The minimum Gasteiger partial charge on any atom is -0.444 e. The molecule has 1 amide bonds. The van der Waals surface area contributed by atoms with Crippen LogP contribution in [0.4, 0.5) is 4.79 Å². The predicted molar refractivity (Wildman–Crippen MR) is 95.0 cm³/mol. The number of aromatic nitrogens is 2. The molecule has 1 aromatic rings. The predicted octanol–water partition coefficient (Wildman–Crippen LogP) is 3.20. The van der Waals surface area contributed by atoms with E-state index in [-0.39, 0.29) is 11.5 Å². The molecule has 0 unspecified atom stereocenters. The maximum Gasteiger partial charge on any atom is 0.410 e. The fourth-order valence-electron chi connectivity index (χ4n) is 2.94. The van der Waals surface area contributed by atoms with Gasteiger partial charge in [0.05, 0.1) is 6.20 Å². The summed E-state index contributed by atoms with van der Waals surface area (Å²) in [5.41, 5.74) is 2.03. The Hall–Kier alpha value is -1.56. The van der Waals surface area contributed by atoms with E-state index in [9.17, 15) is 4.79 Å². The maximum atomic E-state index is 12.1. The van der Waals surface area contributed by atoms with Crippen molar-refractivity contribution in [2.45, 2.75) is 78.0 Å². The van der Waals surface area contributed by atoms with Crippen molar-refractivity contribution < 1.29 is 9.53 Å². The molecule has 1 fully saturated rings. The molecule has 136 valence electrons. The van der Waals surface area contributed by atoms with Crippen molar-refractivity contribution in [3.8, 4) is 0 Å². The van der Waals surface area contributed by atoms with Gasteiger partial charge in [-0.15, -0.1) is 0 Å². The molecule has 0 spiro atoms. The highest BCUT2D eigenvalue weighted by atomic mass is 16.6. The third kappa shape index (κ3) is 5.23. The van der Waals surface area contributed by atoms with Crippen LogP contribution in [0.3, 0.4) is 0 Å². The largest absolute Gasteiger partial charge is 0.444 e. The van der Waals surface area contributed by atoms with E-state index < -0.39 is 5.60 Å². The van der Waals surface area contributed by atoms with Gasteiger partial charge in [0.25, 0.3) is 0 Å². The zero-order valence-electron chi connectivity index (χ0n) is 15.9. The minimum absolute atomic E-state index is 0.0631. The van der Waals surface area contributed by atoms with Crippen molar-refractivity contribution >= 4 is 6.09 Å². The van der Waals surface area contributed by atoms with Gasteiger partial charge in [0.15, 0.2) is 0 Å². The summed E-state index contributed by atoms with van der Waals surface area (Å²) in [6.07, 6.45) is 3.60. The molecule has 0 aliphatic carbocycles. The fourth-order valence-corrected chi connectivity index (χ4v) is 2.94. The van der Waals surface area contributed by atoms with E-state index in [1.54, 1.807) is 0 Å². The molecule has 6 nitrogen and oxygen atoms in total.